The number of benzene rings is 7. The van der Waals surface area contributed by atoms with E-state index >= 15 is 0 Å². The minimum atomic E-state index is 0.0415. The van der Waals surface area contributed by atoms with Crippen LogP contribution in [-0.4, -0.2) is 0 Å². The Morgan fingerprint density at radius 3 is 1.42 bits per heavy atom. The molecule has 1 spiro atoms. The van der Waals surface area contributed by atoms with Gasteiger partial charge in [0.05, 0.1) is 5.69 Å². The van der Waals surface area contributed by atoms with Gasteiger partial charge in [-0.1, -0.05) is 103 Å². The Morgan fingerprint density at radius 2 is 0.889 bits per heavy atom. The van der Waals surface area contributed by atoms with Gasteiger partial charge in [0.2, 0.25) is 0 Å². The predicted molar refractivity (Wildman–Crippen MR) is 189 cm³/mol. The van der Waals surface area contributed by atoms with Gasteiger partial charge in [0.25, 0.3) is 0 Å². The lowest BCUT2D eigenvalue weighted by molar-refractivity contribution is 0.853. The summed E-state index contributed by atoms with van der Waals surface area (Å²) in [5.41, 5.74) is 12.7. The van der Waals surface area contributed by atoms with Crippen LogP contribution in [0.1, 0.15) is 24.0 Å². The van der Waals surface area contributed by atoms with E-state index in [1.165, 1.54) is 68.6 Å². The van der Waals surface area contributed by atoms with Crippen LogP contribution in [0.5, 0.6) is 0 Å². The maximum Gasteiger partial charge on any atom is 0.0540 e. The monoisotopic (exact) mass is 576 g/mol. The summed E-state index contributed by atoms with van der Waals surface area (Å²) in [5.74, 6) is 0. The van der Waals surface area contributed by atoms with Crippen molar-refractivity contribution in [2.45, 2.75) is 18.3 Å². The zero-order valence-electron chi connectivity index (χ0n) is 25.0. The smallest absolute Gasteiger partial charge is 0.0540 e. The molecule has 1 saturated carbocycles. The van der Waals surface area contributed by atoms with E-state index in [-0.39, 0.29) is 5.41 Å². The molecule has 0 bridgehead atoms. The second kappa shape index (κ2) is 10.2. The quantitative estimate of drug-likeness (QED) is 0.194. The van der Waals surface area contributed by atoms with Gasteiger partial charge < -0.3 is 9.80 Å². The van der Waals surface area contributed by atoms with Gasteiger partial charge in [-0.05, 0) is 107 Å². The lowest BCUT2D eigenvalue weighted by Crippen LogP contribution is -2.18. The molecular formula is C43H32N2. The Kier molecular flexibility index (Phi) is 5.89. The number of rotatable bonds is 6. The van der Waals surface area contributed by atoms with Gasteiger partial charge in [-0.15, -0.1) is 0 Å². The van der Waals surface area contributed by atoms with E-state index in [4.69, 9.17) is 0 Å². The highest BCUT2D eigenvalue weighted by molar-refractivity contribution is 6.11. The summed E-state index contributed by atoms with van der Waals surface area (Å²) in [6.07, 6.45) is 2.34. The van der Waals surface area contributed by atoms with Crippen LogP contribution in [0, 0.1) is 0 Å². The molecule has 1 fully saturated rings. The Hall–Kier alpha value is -5.60. The van der Waals surface area contributed by atoms with E-state index in [1.54, 1.807) is 0 Å². The van der Waals surface area contributed by atoms with Crippen LogP contribution in [0.15, 0.2) is 170 Å². The van der Waals surface area contributed by atoms with Crippen molar-refractivity contribution in [1.29, 1.82) is 0 Å². The first-order valence-electron chi connectivity index (χ1n) is 15.8. The van der Waals surface area contributed by atoms with E-state index in [1.807, 2.05) is 0 Å². The second-order valence-electron chi connectivity index (χ2n) is 12.2. The third kappa shape index (κ3) is 4.10. The molecule has 2 aliphatic carbocycles. The van der Waals surface area contributed by atoms with Gasteiger partial charge in [0.15, 0.2) is 0 Å². The average molecular weight is 577 g/mol. The fraction of sp³-hybridized carbons (Fsp3) is 0.0698. The van der Waals surface area contributed by atoms with Crippen LogP contribution in [0.4, 0.5) is 34.1 Å². The van der Waals surface area contributed by atoms with Crippen LogP contribution >= 0.6 is 0 Å². The Bertz CT molecular complexity index is 2070. The van der Waals surface area contributed by atoms with Crippen molar-refractivity contribution in [1.82, 2.24) is 0 Å². The fourth-order valence-corrected chi connectivity index (χ4v) is 7.50. The standard InChI is InChI=1S/C43H32N2/c1-5-14-31(15-6-1)44(32-16-7-2-8-17-32)35-24-25-36-37-26-27-41(45(33-18-9-3-10-19-33)34-20-11-4-12-21-34)38-22-13-23-39(42(37)38)43(28-29-43)40(36)30-35/h1-27,30H,28-29H2. The van der Waals surface area contributed by atoms with E-state index in [0.29, 0.717) is 0 Å². The van der Waals surface area contributed by atoms with Gasteiger partial charge >= 0.3 is 0 Å². The Morgan fingerprint density at radius 1 is 0.378 bits per heavy atom. The van der Waals surface area contributed by atoms with Crippen LogP contribution in [0.25, 0.3) is 21.9 Å². The molecule has 2 heteroatoms. The molecule has 2 nitrogen and oxygen atoms in total. The number of hydrogen-bond donors (Lipinski definition) is 0. The summed E-state index contributed by atoms with van der Waals surface area (Å²) < 4.78 is 0. The number of hydrogen-bond acceptors (Lipinski definition) is 2. The van der Waals surface area contributed by atoms with Crippen molar-refractivity contribution in [2.75, 3.05) is 9.80 Å². The Balaban J connectivity index is 1.25. The fourth-order valence-electron chi connectivity index (χ4n) is 7.50. The molecule has 0 amide bonds. The van der Waals surface area contributed by atoms with Crippen molar-refractivity contribution in [3.8, 4) is 11.1 Å². The minimum absolute atomic E-state index is 0.0415. The molecule has 0 radical (unpaired) electrons. The van der Waals surface area contributed by atoms with Crippen LogP contribution in [0.2, 0.25) is 0 Å². The molecule has 9 rings (SSSR count). The molecule has 0 unspecified atom stereocenters. The summed E-state index contributed by atoms with van der Waals surface area (Å²) in [6, 6.07) is 61.7. The van der Waals surface area contributed by atoms with Crippen LogP contribution < -0.4 is 9.80 Å². The SMILES string of the molecule is c1ccc(N(c2ccccc2)c2ccc3c(c2)C2(CC2)c2cccc4c(N(c5ccccc5)c5ccccc5)ccc-3c24)cc1. The third-order valence-corrected chi connectivity index (χ3v) is 9.65. The molecular weight excluding hydrogens is 544 g/mol. The maximum absolute atomic E-state index is 2.47. The molecule has 0 atom stereocenters. The predicted octanol–water partition coefficient (Wildman–Crippen LogP) is 11.8. The molecule has 0 aromatic heterocycles. The zero-order valence-corrected chi connectivity index (χ0v) is 25.0. The molecule has 2 aliphatic rings. The van der Waals surface area contributed by atoms with Crippen LogP contribution in [-0.2, 0) is 5.41 Å². The lowest BCUT2D eigenvalue weighted by Gasteiger charge is -2.34. The first-order chi connectivity index (χ1) is 22.3. The van der Waals surface area contributed by atoms with Crippen molar-refractivity contribution in [3.05, 3.63) is 181 Å². The third-order valence-electron chi connectivity index (χ3n) is 9.65. The largest absolute Gasteiger partial charge is 0.310 e. The second-order valence-corrected chi connectivity index (χ2v) is 12.2. The van der Waals surface area contributed by atoms with Crippen molar-refractivity contribution >= 4 is 44.9 Å². The molecule has 0 aliphatic heterocycles. The number of nitrogens with zero attached hydrogens (tertiary/aromatic N) is 2. The highest BCUT2D eigenvalue weighted by Gasteiger charge is 2.50. The van der Waals surface area contributed by atoms with E-state index < -0.39 is 0 Å². The molecule has 7 aromatic carbocycles. The summed E-state index contributed by atoms with van der Waals surface area (Å²) in [7, 11) is 0. The lowest BCUT2D eigenvalue weighted by atomic mass is 9.74. The highest BCUT2D eigenvalue weighted by atomic mass is 15.1. The molecule has 7 aromatic rings. The average Bonchev–Trinajstić information content (AvgIpc) is 3.92. The maximum atomic E-state index is 2.47. The zero-order chi connectivity index (χ0) is 29.8. The normalized spacial score (nSPS) is 13.8. The number of anilines is 6. The molecule has 0 N–H and O–H groups in total. The van der Waals surface area contributed by atoms with Crippen LogP contribution in [0.3, 0.4) is 0 Å². The van der Waals surface area contributed by atoms with Gasteiger partial charge in [-0.2, -0.15) is 0 Å². The van der Waals surface area contributed by atoms with Crippen molar-refractivity contribution in [2.24, 2.45) is 0 Å². The number of fused-ring (bicyclic) bond motifs is 4. The van der Waals surface area contributed by atoms with Crippen molar-refractivity contribution in [3.63, 3.8) is 0 Å². The molecule has 0 saturated heterocycles. The number of para-hydroxylation sites is 4. The highest BCUT2D eigenvalue weighted by Crippen LogP contribution is 2.62. The first-order valence-corrected chi connectivity index (χ1v) is 15.8. The summed E-state index contributed by atoms with van der Waals surface area (Å²) in [4.78, 5) is 4.78. The minimum Gasteiger partial charge on any atom is -0.310 e. The van der Waals surface area contributed by atoms with Gasteiger partial charge in [-0.3, -0.25) is 0 Å². The summed E-state index contributed by atoms with van der Waals surface area (Å²) in [6.45, 7) is 0. The summed E-state index contributed by atoms with van der Waals surface area (Å²) >= 11 is 0. The van der Waals surface area contributed by atoms with Gasteiger partial charge in [-0.25, -0.2) is 0 Å². The summed E-state index contributed by atoms with van der Waals surface area (Å²) in [5, 5.41) is 2.70. The van der Waals surface area contributed by atoms with Gasteiger partial charge in [0, 0.05) is 39.2 Å². The molecule has 214 valence electrons. The van der Waals surface area contributed by atoms with Crippen molar-refractivity contribution < 1.29 is 0 Å². The van der Waals surface area contributed by atoms with Gasteiger partial charge in [0.1, 0.15) is 0 Å². The molecule has 0 heterocycles. The molecule has 45 heavy (non-hydrogen) atoms. The van der Waals surface area contributed by atoms with E-state index in [9.17, 15) is 0 Å². The van der Waals surface area contributed by atoms with E-state index in [0.717, 1.165) is 11.4 Å². The van der Waals surface area contributed by atoms with E-state index in [2.05, 4.69) is 180 Å². The Labute approximate surface area is 264 Å². The topological polar surface area (TPSA) is 6.48 Å². The first kappa shape index (κ1) is 25.9.